The molecule has 4 heteroatoms. The van der Waals surface area contributed by atoms with Gasteiger partial charge < -0.3 is 10.1 Å². The molecule has 1 aliphatic rings. The molecule has 0 radical (unpaired) electrons. The first-order valence-electron chi connectivity index (χ1n) is 6.16. The van der Waals surface area contributed by atoms with Crippen molar-refractivity contribution in [1.29, 1.82) is 0 Å². The summed E-state index contributed by atoms with van der Waals surface area (Å²) in [5.41, 5.74) is 2.51. The molecule has 98 valence electrons. The molecule has 3 rings (SSSR count). The van der Waals surface area contributed by atoms with Crippen LogP contribution < -0.4 is 10.1 Å². The third-order valence-electron chi connectivity index (χ3n) is 3.19. The van der Waals surface area contributed by atoms with Crippen LogP contribution >= 0.6 is 0 Å². The van der Waals surface area contributed by atoms with E-state index in [-0.39, 0.29) is 0 Å². The number of halogens is 2. The molecule has 0 aliphatic carbocycles. The Hall–Kier alpha value is -2.10. The van der Waals surface area contributed by atoms with Crippen molar-refractivity contribution in [1.82, 2.24) is 0 Å². The van der Waals surface area contributed by atoms with E-state index in [1.54, 1.807) is 0 Å². The molecule has 0 unspecified atom stereocenters. The Morgan fingerprint density at radius 3 is 2.84 bits per heavy atom. The van der Waals surface area contributed by atoms with Gasteiger partial charge in [-0.15, -0.1) is 0 Å². The average Bonchev–Trinajstić information content (AvgIpc) is 2.85. The Labute approximate surface area is 110 Å². The maximum Gasteiger partial charge on any atom is 0.131 e. The fourth-order valence-corrected chi connectivity index (χ4v) is 2.16. The first-order chi connectivity index (χ1) is 9.22. The van der Waals surface area contributed by atoms with Crippen LogP contribution in [0, 0.1) is 11.6 Å². The summed E-state index contributed by atoms with van der Waals surface area (Å²) < 4.78 is 31.7. The zero-order valence-corrected chi connectivity index (χ0v) is 10.2. The highest BCUT2D eigenvalue weighted by molar-refractivity contribution is 5.52. The summed E-state index contributed by atoms with van der Waals surface area (Å²) >= 11 is 0. The number of nitrogens with one attached hydrogen (secondary N) is 1. The number of hydrogen-bond donors (Lipinski definition) is 1. The van der Waals surface area contributed by atoms with E-state index in [1.165, 1.54) is 12.1 Å². The topological polar surface area (TPSA) is 21.3 Å². The summed E-state index contributed by atoms with van der Waals surface area (Å²) in [5.74, 6) is -0.175. The highest BCUT2D eigenvalue weighted by Gasteiger charge is 2.12. The van der Waals surface area contributed by atoms with Gasteiger partial charge in [-0.3, -0.25) is 0 Å². The van der Waals surface area contributed by atoms with Crippen LogP contribution in [0.5, 0.6) is 5.75 Å². The molecular weight excluding hydrogens is 248 g/mol. The third kappa shape index (κ3) is 2.52. The predicted molar refractivity (Wildman–Crippen MR) is 69.3 cm³/mol. The molecule has 19 heavy (non-hydrogen) atoms. The van der Waals surface area contributed by atoms with E-state index in [1.807, 2.05) is 18.2 Å². The van der Waals surface area contributed by atoms with Crippen molar-refractivity contribution < 1.29 is 13.5 Å². The van der Waals surface area contributed by atoms with E-state index >= 15 is 0 Å². The van der Waals surface area contributed by atoms with Crippen molar-refractivity contribution in [3.63, 3.8) is 0 Å². The molecule has 0 amide bonds. The number of benzene rings is 2. The molecule has 2 aromatic carbocycles. The number of hydrogen-bond acceptors (Lipinski definition) is 2. The lowest BCUT2D eigenvalue weighted by Crippen LogP contribution is -2.02. The van der Waals surface area contributed by atoms with Gasteiger partial charge >= 0.3 is 0 Å². The monoisotopic (exact) mass is 261 g/mol. The van der Waals surface area contributed by atoms with Gasteiger partial charge in [-0.05, 0) is 29.8 Å². The first-order valence-corrected chi connectivity index (χ1v) is 6.16. The lowest BCUT2D eigenvalue weighted by molar-refractivity contribution is 0.357. The Kier molecular flexibility index (Phi) is 3.07. The molecule has 2 aromatic rings. The molecule has 0 saturated carbocycles. The SMILES string of the molecule is Fc1ccc(CNc2ccc3c(c2)CCO3)c(F)c1. The summed E-state index contributed by atoms with van der Waals surface area (Å²) in [4.78, 5) is 0. The van der Waals surface area contributed by atoms with Crippen LogP contribution in [0.1, 0.15) is 11.1 Å². The van der Waals surface area contributed by atoms with Crippen LogP contribution in [0.4, 0.5) is 14.5 Å². The second-order valence-electron chi connectivity index (χ2n) is 4.51. The van der Waals surface area contributed by atoms with E-state index in [0.29, 0.717) is 18.7 Å². The number of rotatable bonds is 3. The molecule has 0 bridgehead atoms. The zero-order chi connectivity index (χ0) is 13.2. The molecule has 2 nitrogen and oxygen atoms in total. The molecule has 1 heterocycles. The summed E-state index contributed by atoms with van der Waals surface area (Å²) in [7, 11) is 0. The van der Waals surface area contributed by atoms with Gasteiger partial charge in [0, 0.05) is 30.3 Å². The molecule has 1 aliphatic heterocycles. The van der Waals surface area contributed by atoms with Crippen LogP contribution in [0.3, 0.4) is 0 Å². The van der Waals surface area contributed by atoms with Gasteiger partial charge in [0.1, 0.15) is 17.4 Å². The molecule has 0 saturated heterocycles. The minimum atomic E-state index is -0.559. The van der Waals surface area contributed by atoms with Crippen LogP contribution in [-0.4, -0.2) is 6.61 Å². The summed E-state index contributed by atoms with van der Waals surface area (Å²) in [5, 5.41) is 3.13. The summed E-state index contributed by atoms with van der Waals surface area (Å²) in [6.07, 6.45) is 0.899. The van der Waals surface area contributed by atoms with Gasteiger partial charge in [0.15, 0.2) is 0 Å². The Morgan fingerprint density at radius 2 is 2.00 bits per heavy atom. The standard InChI is InChI=1S/C15H13F2NO/c16-12-2-1-11(14(17)8-12)9-18-13-3-4-15-10(7-13)5-6-19-15/h1-4,7-8,18H,5-6,9H2. The number of ether oxygens (including phenoxy) is 1. The van der Waals surface area contributed by atoms with Gasteiger partial charge in [0.25, 0.3) is 0 Å². The molecule has 0 spiro atoms. The lowest BCUT2D eigenvalue weighted by atomic mass is 10.1. The van der Waals surface area contributed by atoms with E-state index in [2.05, 4.69) is 5.32 Å². The predicted octanol–water partition coefficient (Wildman–Crippen LogP) is 3.51. The van der Waals surface area contributed by atoms with Crippen molar-refractivity contribution >= 4 is 5.69 Å². The van der Waals surface area contributed by atoms with Crippen molar-refractivity contribution in [2.24, 2.45) is 0 Å². The molecular formula is C15H13F2NO. The maximum atomic E-state index is 13.5. The van der Waals surface area contributed by atoms with Crippen LogP contribution in [0.25, 0.3) is 0 Å². The van der Waals surface area contributed by atoms with Crippen molar-refractivity contribution in [3.8, 4) is 5.75 Å². The minimum absolute atomic E-state index is 0.325. The van der Waals surface area contributed by atoms with E-state index in [9.17, 15) is 8.78 Å². The first kappa shape index (κ1) is 12.0. The smallest absolute Gasteiger partial charge is 0.131 e. The highest BCUT2D eigenvalue weighted by Crippen LogP contribution is 2.28. The Bertz CT molecular complexity index is 613. The van der Waals surface area contributed by atoms with Gasteiger partial charge in [-0.25, -0.2) is 8.78 Å². The van der Waals surface area contributed by atoms with Crippen LogP contribution in [0.2, 0.25) is 0 Å². The van der Waals surface area contributed by atoms with Gasteiger partial charge in [-0.2, -0.15) is 0 Å². The van der Waals surface area contributed by atoms with Gasteiger partial charge in [0.05, 0.1) is 6.61 Å². The Morgan fingerprint density at radius 1 is 1.11 bits per heavy atom. The van der Waals surface area contributed by atoms with E-state index < -0.39 is 11.6 Å². The largest absolute Gasteiger partial charge is 0.493 e. The second-order valence-corrected chi connectivity index (χ2v) is 4.51. The normalized spacial score (nSPS) is 12.9. The molecule has 0 fully saturated rings. The van der Waals surface area contributed by atoms with E-state index in [4.69, 9.17) is 4.74 Å². The number of anilines is 1. The van der Waals surface area contributed by atoms with Crippen molar-refractivity contribution in [2.45, 2.75) is 13.0 Å². The quantitative estimate of drug-likeness (QED) is 0.912. The van der Waals surface area contributed by atoms with Gasteiger partial charge in [0.2, 0.25) is 0 Å². The highest BCUT2D eigenvalue weighted by atomic mass is 19.1. The van der Waals surface area contributed by atoms with Crippen LogP contribution in [0.15, 0.2) is 36.4 Å². The van der Waals surface area contributed by atoms with Gasteiger partial charge in [-0.1, -0.05) is 6.07 Å². The van der Waals surface area contributed by atoms with Crippen LogP contribution in [-0.2, 0) is 13.0 Å². The second kappa shape index (κ2) is 4.88. The average molecular weight is 261 g/mol. The zero-order valence-electron chi connectivity index (χ0n) is 10.2. The summed E-state index contributed by atoms with van der Waals surface area (Å²) in [6.45, 7) is 1.04. The molecule has 0 atom stereocenters. The third-order valence-corrected chi connectivity index (χ3v) is 3.19. The minimum Gasteiger partial charge on any atom is -0.493 e. The van der Waals surface area contributed by atoms with E-state index in [0.717, 1.165) is 29.5 Å². The molecule has 1 N–H and O–H groups in total. The van der Waals surface area contributed by atoms with Crippen molar-refractivity contribution in [2.75, 3.05) is 11.9 Å². The lowest BCUT2D eigenvalue weighted by Gasteiger charge is -2.09. The maximum absolute atomic E-state index is 13.5. The number of fused-ring (bicyclic) bond motifs is 1. The molecule has 0 aromatic heterocycles. The fraction of sp³-hybridized carbons (Fsp3) is 0.200. The van der Waals surface area contributed by atoms with Crippen molar-refractivity contribution in [3.05, 3.63) is 59.2 Å². The Balaban J connectivity index is 1.72. The fourth-order valence-electron chi connectivity index (χ4n) is 2.16. The summed E-state index contributed by atoms with van der Waals surface area (Å²) in [6, 6.07) is 9.42.